The summed E-state index contributed by atoms with van der Waals surface area (Å²) < 4.78 is 2.11. The number of hydrogen-bond acceptors (Lipinski definition) is 5. The molecule has 0 aliphatic heterocycles. The number of amides is 1. The van der Waals surface area contributed by atoms with Gasteiger partial charge in [0.15, 0.2) is 11.5 Å². The number of nitrogens with one attached hydrogen (secondary N) is 1. The standard InChI is InChI=1S/C24H28N4O3/c1-17(25-23-10-6-7-13-28(23)15-14-27(2)3)19-8-4-5-9-20(19)26-24(31)18-11-12-21(29)22(30)16-18/h4-13,16-17,29-30H,14-15H2,1-3H3,(H,26,31). The highest BCUT2D eigenvalue weighted by Crippen LogP contribution is 2.28. The van der Waals surface area contributed by atoms with E-state index in [1.165, 1.54) is 18.2 Å². The smallest absolute Gasteiger partial charge is 0.255 e. The molecule has 7 heteroatoms. The fourth-order valence-corrected chi connectivity index (χ4v) is 3.18. The zero-order valence-electron chi connectivity index (χ0n) is 18.0. The maximum absolute atomic E-state index is 12.7. The lowest BCUT2D eigenvalue weighted by atomic mass is 10.1. The Kier molecular flexibility index (Phi) is 7.10. The van der Waals surface area contributed by atoms with Crippen LogP contribution in [0, 0.1) is 0 Å². The van der Waals surface area contributed by atoms with E-state index in [9.17, 15) is 15.0 Å². The van der Waals surface area contributed by atoms with Crippen molar-refractivity contribution in [1.29, 1.82) is 0 Å². The number of anilines is 1. The molecule has 3 rings (SSSR count). The Labute approximate surface area is 181 Å². The maximum atomic E-state index is 12.7. The highest BCUT2D eigenvalue weighted by Gasteiger charge is 2.14. The van der Waals surface area contributed by atoms with Gasteiger partial charge in [-0.3, -0.25) is 9.79 Å². The molecule has 3 N–H and O–H groups in total. The van der Waals surface area contributed by atoms with Gasteiger partial charge in [0.1, 0.15) is 5.49 Å². The van der Waals surface area contributed by atoms with Crippen LogP contribution < -0.4 is 10.8 Å². The third kappa shape index (κ3) is 5.73. The van der Waals surface area contributed by atoms with Gasteiger partial charge in [-0.05, 0) is 63.0 Å². The molecule has 162 valence electrons. The Morgan fingerprint density at radius 3 is 2.55 bits per heavy atom. The van der Waals surface area contributed by atoms with Crippen LogP contribution >= 0.6 is 0 Å². The Hall–Kier alpha value is -3.58. The van der Waals surface area contributed by atoms with E-state index in [0.717, 1.165) is 24.1 Å². The van der Waals surface area contributed by atoms with Crippen LogP contribution in [0.25, 0.3) is 0 Å². The number of aromatic nitrogens is 1. The van der Waals surface area contributed by atoms with Gasteiger partial charge in [0.05, 0.1) is 6.04 Å². The quantitative estimate of drug-likeness (QED) is 0.511. The summed E-state index contributed by atoms with van der Waals surface area (Å²) in [6, 6.07) is 17.2. The van der Waals surface area contributed by atoms with Gasteiger partial charge in [0.2, 0.25) is 0 Å². The van der Waals surface area contributed by atoms with Crippen LogP contribution in [0.15, 0.2) is 71.9 Å². The topological polar surface area (TPSA) is 90.1 Å². The molecule has 1 unspecified atom stereocenters. The van der Waals surface area contributed by atoms with Crippen molar-refractivity contribution < 1.29 is 15.0 Å². The van der Waals surface area contributed by atoms with Crippen molar-refractivity contribution in [3.8, 4) is 11.5 Å². The van der Waals surface area contributed by atoms with Crippen LogP contribution in [-0.4, -0.2) is 46.2 Å². The maximum Gasteiger partial charge on any atom is 0.255 e. The Morgan fingerprint density at radius 1 is 1.06 bits per heavy atom. The molecule has 0 fully saturated rings. The van der Waals surface area contributed by atoms with E-state index in [-0.39, 0.29) is 29.0 Å². The molecule has 7 nitrogen and oxygen atoms in total. The molecular weight excluding hydrogens is 392 g/mol. The van der Waals surface area contributed by atoms with Crippen molar-refractivity contribution >= 4 is 11.6 Å². The summed E-state index contributed by atoms with van der Waals surface area (Å²) >= 11 is 0. The number of benzene rings is 2. The average Bonchev–Trinajstić information content (AvgIpc) is 2.75. The minimum absolute atomic E-state index is 0.197. The molecule has 2 aromatic carbocycles. The van der Waals surface area contributed by atoms with Gasteiger partial charge >= 0.3 is 0 Å². The monoisotopic (exact) mass is 420 g/mol. The second-order valence-corrected chi connectivity index (χ2v) is 7.61. The number of carbonyl (C=O) groups excluding carboxylic acids is 1. The SMILES string of the molecule is CC(N=c1ccccn1CCN(C)C)c1ccccc1NC(=O)c1ccc(O)c(O)c1. The summed E-state index contributed by atoms with van der Waals surface area (Å²) in [5, 5.41) is 22.0. The number of hydrogen-bond donors (Lipinski definition) is 3. The number of phenols is 2. The fraction of sp³-hybridized carbons (Fsp3) is 0.250. The lowest BCUT2D eigenvalue weighted by molar-refractivity contribution is 0.102. The number of pyridine rings is 1. The van der Waals surface area contributed by atoms with E-state index < -0.39 is 0 Å². The largest absolute Gasteiger partial charge is 0.504 e. The summed E-state index contributed by atoms with van der Waals surface area (Å²) in [5.41, 5.74) is 2.63. The number of likely N-dealkylation sites (N-methyl/N-ethyl adjacent to an activating group) is 1. The number of para-hydroxylation sites is 1. The van der Waals surface area contributed by atoms with Gasteiger partial charge < -0.3 is 25.0 Å². The van der Waals surface area contributed by atoms with E-state index in [4.69, 9.17) is 4.99 Å². The van der Waals surface area contributed by atoms with Crippen LogP contribution in [-0.2, 0) is 6.54 Å². The van der Waals surface area contributed by atoms with E-state index >= 15 is 0 Å². The minimum atomic E-state index is -0.379. The minimum Gasteiger partial charge on any atom is -0.504 e. The van der Waals surface area contributed by atoms with Crippen molar-refractivity contribution in [3.05, 3.63) is 83.5 Å². The third-order valence-corrected chi connectivity index (χ3v) is 4.93. The summed E-state index contributed by atoms with van der Waals surface area (Å²) in [6.45, 7) is 3.71. The number of phenolic OH excluding ortho intramolecular Hbond substituents is 2. The molecular formula is C24H28N4O3. The van der Waals surface area contributed by atoms with E-state index in [2.05, 4.69) is 14.8 Å². The van der Waals surface area contributed by atoms with Crippen molar-refractivity contribution in [2.45, 2.75) is 19.5 Å². The van der Waals surface area contributed by atoms with E-state index in [0.29, 0.717) is 5.69 Å². The number of aromatic hydroxyl groups is 2. The van der Waals surface area contributed by atoms with Crippen LogP contribution in [0.1, 0.15) is 28.9 Å². The van der Waals surface area contributed by atoms with Crippen LogP contribution in [0.2, 0.25) is 0 Å². The Balaban J connectivity index is 1.87. The Bertz CT molecular complexity index is 1120. The summed E-state index contributed by atoms with van der Waals surface area (Å²) in [5.74, 6) is -0.985. The average molecular weight is 421 g/mol. The lowest BCUT2D eigenvalue weighted by Gasteiger charge is -2.16. The molecule has 0 saturated heterocycles. The number of rotatable bonds is 7. The number of nitrogens with zero attached hydrogens (tertiary/aromatic N) is 3. The van der Waals surface area contributed by atoms with Crippen molar-refractivity contribution in [2.75, 3.05) is 26.0 Å². The summed E-state index contributed by atoms with van der Waals surface area (Å²) in [7, 11) is 4.07. The molecule has 0 spiro atoms. The van der Waals surface area contributed by atoms with Crippen LogP contribution in [0.5, 0.6) is 11.5 Å². The van der Waals surface area contributed by atoms with Gasteiger partial charge in [-0.25, -0.2) is 0 Å². The highest BCUT2D eigenvalue weighted by atomic mass is 16.3. The first-order chi connectivity index (χ1) is 14.8. The van der Waals surface area contributed by atoms with Crippen molar-refractivity contribution in [2.24, 2.45) is 4.99 Å². The van der Waals surface area contributed by atoms with Gasteiger partial charge in [-0.1, -0.05) is 24.3 Å². The van der Waals surface area contributed by atoms with Crippen molar-refractivity contribution in [1.82, 2.24) is 9.47 Å². The molecule has 0 aliphatic rings. The predicted molar refractivity (Wildman–Crippen MR) is 121 cm³/mol. The second-order valence-electron chi connectivity index (χ2n) is 7.61. The molecule has 1 atom stereocenters. The molecule has 1 aromatic heterocycles. The molecule has 1 amide bonds. The molecule has 0 radical (unpaired) electrons. The lowest BCUT2D eigenvalue weighted by Crippen LogP contribution is -2.26. The van der Waals surface area contributed by atoms with Crippen LogP contribution in [0.3, 0.4) is 0 Å². The van der Waals surface area contributed by atoms with Crippen LogP contribution in [0.4, 0.5) is 5.69 Å². The predicted octanol–water partition coefficient (Wildman–Crippen LogP) is 3.38. The van der Waals surface area contributed by atoms with E-state index in [1.807, 2.05) is 69.7 Å². The van der Waals surface area contributed by atoms with Gasteiger partial charge in [0, 0.05) is 30.5 Å². The molecule has 31 heavy (non-hydrogen) atoms. The molecule has 0 aliphatic carbocycles. The molecule has 0 saturated carbocycles. The summed E-state index contributed by atoms with van der Waals surface area (Å²) in [6.07, 6.45) is 2.01. The molecule has 1 heterocycles. The van der Waals surface area contributed by atoms with Gasteiger partial charge in [-0.15, -0.1) is 0 Å². The second kappa shape index (κ2) is 9.95. The third-order valence-electron chi connectivity index (χ3n) is 4.93. The zero-order valence-corrected chi connectivity index (χ0v) is 18.0. The highest BCUT2D eigenvalue weighted by molar-refractivity contribution is 6.05. The van der Waals surface area contributed by atoms with E-state index in [1.54, 1.807) is 0 Å². The summed E-state index contributed by atoms with van der Waals surface area (Å²) in [4.78, 5) is 19.7. The first kappa shape index (κ1) is 22.1. The fourth-order valence-electron chi connectivity index (χ4n) is 3.18. The zero-order chi connectivity index (χ0) is 22.4. The number of carbonyl (C=O) groups is 1. The van der Waals surface area contributed by atoms with Gasteiger partial charge in [-0.2, -0.15) is 0 Å². The molecule has 3 aromatic rings. The molecule has 0 bridgehead atoms. The van der Waals surface area contributed by atoms with Gasteiger partial charge in [0.25, 0.3) is 5.91 Å². The van der Waals surface area contributed by atoms with Crippen molar-refractivity contribution in [3.63, 3.8) is 0 Å². The normalized spacial score (nSPS) is 12.7. The Morgan fingerprint density at radius 2 is 1.81 bits per heavy atom. The first-order valence-electron chi connectivity index (χ1n) is 10.1. The first-order valence-corrected chi connectivity index (χ1v) is 10.1.